The van der Waals surface area contributed by atoms with Gasteiger partial charge in [-0.3, -0.25) is 4.99 Å². The zero-order valence-electron chi connectivity index (χ0n) is 32.8. The molecule has 0 aromatic heterocycles. The third-order valence-electron chi connectivity index (χ3n) is 10.4. The second-order valence-electron chi connectivity index (χ2n) is 15.3. The van der Waals surface area contributed by atoms with Crippen molar-refractivity contribution in [3.63, 3.8) is 0 Å². The Bertz CT molecular complexity index is 1510. The molecule has 5 heteroatoms. The number of aryl methyl sites for hydroxylation is 6. The average Bonchev–Trinajstić information content (AvgIpc) is 3.01. The predicted molar refractivity (Wildman–Crippen MR) is 212 cm³/mol. The Morgan fingerprint density at radius 1 is 0.780 bits per heavy atom. The number of aliphatic imine (C=N–C) groups is 1. The van der Waals surface area contributed by atoms with Gasteiger partial charge in [0.05, 0.1) is 5.69 Å². The van der Waals surface area contributed by atoms with E-state index in [0.717, 1.165) is 53.8 Å². The first-order valence-corrected chi connectivity index (χ1v) is 18.8. The van der Waals surface area contributed by atoms with Crippen molar-refractivity contribution < 1.29 is 21.2 Å². The topological polar surface area (TPSA) is 49.8 Å². The number of allylic oxidation sites excluding steroid dienone is 2. The molecule has 0 amide bonds. The zero-order valence-corrected chi connectivity index (χ0v) is 33.8. The van der Waals surface area contributed by atoms with Gasteiger partial charge in [0.25, 0.3) is 0 Å². The summed E-state index contributed by atoms with van der Waals surface area (Å²) in [4.78, 5) is 4.82. The summed E-state index contributed by atoms with van der Waals surface area (Å²) in [5.41, 5.74) is 13.2. The molecule has 4 fully saturated rings. The SMILES string of the molecule is CC(/C=C(/C)[N-]c1c(C)cc(C)cc1C)=Nc1c(C)cc(C)cc1C.CCOCC.C[C@H]([N-]C12CC3CC(CC(C3)C1)C2)c1ccccc1.[Ni+2]. The van der Waals surface area contributed by atoms with Crippen LogP contribution in [0.4, 0.5) is 11.4 Å². The van der Waals surface area contributed by atoms with Gasteiger partial charge in [-0.1, -0.05) is 122 Å². The van der Waals surface area contributed by atoms with Crippen molar-refractivity contribution in [1.82, 2.24) is 0 Å². The number of hydrogen-bond donors (Lipinski definition) is 0. The monoisotopic (exact) mass is 719 g/mol. The van der Waals surface area contributed by atoms with Crippen molar-refractivity contribution in [3.8, 4) is 0 Å². The molecule has 4 bridgehead atoms. The van der Waals surface area contributed by atoms with E-state index in [1.165, 1.54) is 77.5 Å². The van der Waals surface area contributed by atoms with E-state index in [-0.39, 0.29) is 16.5 Å². The minimum Gasteiger partial charge on any atom is -0.661 e. The van der Waals surface area contributed by atoms with Gasteiger partial charge in [0, 0.05) is 18.9 Å². The van der Waals surface area contributed by atoms with Crippen LogP contribution in [0.3, 0.4) is 0 Å². The van der Waals surface area contributed by atoms with Gasteiger partial charge in [-0.05, 0) is 110 Å². The van der Waals surface area contributed by atoms with Crippen LogP contribution in [0.5, 0.6) is 0 Å². The van der Waals surface area contributed by atoms with E-state index in [1.54, 1.807) is 0 Å². The van der Waals surface area contributed by atoms with Gasteiger partial charge in [-0.2, -0.15) is 5.70 Å². The first-order valence-electron chi connectivity index (χ1n) is 18.8. The molecule has 4 aliphatic carbocycles. The maximum absolute atomic E-state index is 5.34. The van der Waals surface area contributed by atoms with E-state index in [9.17, 15) is 0 Å². The number of hydrogen-bond acceptors (Lipinski definition) is 2. The van der Waals surface area contributed by atoms with E-state index >= 15 is 0 Å². The molecule has 7 rings (SSSR count). The van der Waals surface area contributed by atoms with Gasteiger partial charge in [-0.25, -0.2) is 0 Å². The molecule has 0 spiro atoms. The van der Waals surface area contributed by atoms with Crippen LogP contribution in [0.25, 0.3) is 10.6 Å². The Morgan fingerprint density at radius 3 is 1.68 bits per heavy atom. The Balaban J connectivity index is 0.000000239. The van der Waals surface area contributed by atoms with Crippen molar-refractivity contribution in [3.05, 3.63) is 116 Å². The third-order valence-corrected chi connectivity index (χ3v) is 10.4. The van der Waals surface area contributed by atoms with E-state index in [1.807, 2.05) is 27.7 Å². The number of ether oxygens (including phenoxy) is 1. The Kier molecular flexibility index (Phi) is 16.0. The van der Waals surface area contributed by atoms with Crippen LogP contribution in [0.1, 0.15) is 118 Å². The van der Waals surface area contributed by atoms with Crippen LogP contribution in [-0.4, -0.2) is 24.5 Å². The fraction of sp³-hybridized carbons (Fsp3) is 0.533. The first-order chi connectivity index (χ1) is 23.3. The van der Waals surface area contributed by atoms with Gasteiger partial charge >= 0.3 is 16.5 Å². The maximum atomic E-state index is 5.34. The molecule has 0 heterocycles. The fourth-order valence-electron chi connectivity index (χ4n) is 9.06. The predicted octanol–water partition coefficient (Wildman–Crippen LogP) is 13.4. The maximum Gasteiger partial charge on any atom is 2.00 e. The van der Waals surface area contributed by atoms with E-state index < -0.39 is 0 Å². The molecule has 3 aromatic carbocycles. The second kappa shape index (κ2) is 19.2. The van der Waals surface area contributed by atoms with Crippen LogP contribution in [0, 0.1) is 59.3 Å². The summed E-state index contributed by atoms with van der Waals surface area (Å²) in [6.07, 6.45) is 10.7. The summed E-state index contributed by atoms with van der Waals surface area (Å²) in [7, 11) is 0. The molecule has 3 aromatic rings. The average molecular weight is 721 g/mol. The molecule has 0 saturated heterocycles. The minimum absolute atomic E-state index is 0. The van der Waals surface area contributed by atoms with Gasteiger partial charge in [0.2, 0.25) is 0 Å². The molecular formula is C45H63N3NiO. The molecule has 50 heavy (non-hydrogen) atoms. The molecule has 4 saturated carbocycles. The van der Waals surface area contributed by atoms with Gasteiger partial charge in [0.1, 0.15) is 0 Å². The van der Waals surface area contributed by atoms with Gasteiger partial charge in [0.15, 0.2) is 0 Å². The first kappa shape index (κ1) is 41.7. The van der Waals surface area contributed by atoms with Gasteiger partial charge in [-0.15, -0.1) is 17.3 Å². The van der Waals surface area contributed by atoms with Crippen molar-refractivity contribution >= 4 is 17.1 Å². The fourth-order valence-corrected chi connectivity index (χ4v) is 9.06. The zero-order chi connectivity index (χ0) is 35.7. The van der Waals surface area contributed by atoms with Crippen LogP contribution < -0.4 is 0 Å². The molecule has 0 unspecified atom stereocenters. The number of benzene rings is 3. The summed E-state index contributed by atoms with van der Waals surface area (Å²) in [6, 6.07) is 19.9. The molecule has 4 nitrogen and oxygen atoms in total. The van der Waals surface area contributed by atoms with E-state index in [4.69, 9.17) is 20.4 Å². The Morgan fingerprint density at radius 2 is 1.24 bits per heavy atom. The number of nitrogens with zero attached hydrogens (tertiary/aromatic N) is 3. The summed E-state index contributed by atoms with van der Waals surface area (Å²) in [5, 5.41) is 10.2. The Hall–Kier alpha value is -2.72. The molecule has 274 valence electrons. The van der Waals surface area contributed by atoms with Crippen LogP contribution in [-0.2, 0) is 21.2 Å². The summed E-state index contributed by atoms with van der Waals surface area (Å²) in [6.45, 7) is 24.7. The quantitative estimate of drug-likeness (QED) is 0.160. The number of rotatable bonds is 9. The molecule has 4 aliphatic rings. The smallest absolute Gasteiger partial charge is 0.661 e. The van der Waals surface area contributed by atoms with Crippen molar-refractivity contribution in [1.29, 1.82) is 0 Å². The molecule has 0 aliphatic heterocycles. The van der Waals surface area contributed by atoms with Crippen LogP contribution in [0.2, 0.25) is 0 Å². The molecular weight excluding hydrogens is 657 g/mol. The second-order valence-corrected chi connectivity index (χ2v) is 15.3. The van der Waals surface area contributed by atoms with Crippen LogP contribution in [0.15, 0.2) is 71.4 Å². The summed E-state index contributed by atoms with van der Waals surface area (Å²) >= 11 is 0. The van der Waals surface area contributed by atoms with Crippen LogP contribution >= 0.6 is 0 Å². The normalized spacial score (nSPS) is 22.8. The van der Waals surface area contributed by atoms with E-state index in [0.29, 0.717) is 11.6 Å². The van der Waals surface area contributed by atoms with E-state index in [2.05, 4.69) is 109 Å². The summed E-state index contributed by atoms with van der Waals surface area (Å²) < 4.78 is 4.83. The molecule has 0 radical (unpaired) electrons. The minimum atomic E-state index is 0. The van der Waals surface area contributed by atoms with Crippen molar-refractivity contribution in [2.24, 2.45) is 22.7 Å². The molecule has 0 N–H and O–H groups in total. The van der Waals surface area contributed by atoms with Gasteiger partial charge < -0.3 is 15.4 Å². The Labute approximate surface area is 315 Å². The summed E-state index contributed by atoms with van der Waals surface area (Å²) in [5.74, 6) is 2.99. The largest absolute Gasteiger partial charge is 2.00 e. The standard InChI is InChI=1S/C23H29N2.C18H24N.C4H10O.Ni/c1-14-9-16(3)22(17(4)10-14)24-20(7)13-21(8)25-23-18(5)11-15(2)12-19(23)6;1-13(17-5-3-2-4-6-17)19-18-10-14-7-15(11-18)9-16(8-14)12-18;1-3-5-4-2;/h9-13H,1-8H3;2-6,13-16H,7-12H2,1H3;3-4H2,1-2H3;/q2*-1;;+2/b20-13-,25-21?;;;/t;13-,14?,15?,16?,18?;;/m.0../s1. The third kappa shape index (κ3) is 11.7. The van der Waals surface area contributed by atoms with Crippen molar-refractivity contribution in [2.45, 2.75) is 126 Å². The molecule has 1 atom stereocenters. The van der Waals surface area contributed by atoms with Crippen molar-refractivity contribution in [2.75, 3.05) is 13.2 Å².